The van der Waals surface area contributed by atoms with Crippen LogP contribution in [0.15, 0.2) is 0 Å². The van der Waals surface area contributed by atoms with E-state index in [2.05, 4.69) is 54.3 Å². The van der Waals surface area contributed by atoms with Crippen LogP contribution in [0.3, 0.4) is 0 Å². The number of unbranched alkanes of at least 4 members (excludes halogenated alkanes) is 5. The molecule has 0 saturated heterocycles. The third-order valence-electron chi connectivity index (χ3n) is 2.69. The van der Waals surface area contributed by atoms with E-state index < -0.39 is 5.97 Å². The molecule has 0 aliphatic heterocycles. The highest BCUT2D eigenvalue weighted by Gasteiger charge is 1.92. The second-order valence-corrected chi connectivity index (χ2v) is 4.72. The fourth-order valence-corrected chi connectivity index (χ4v) is 1.53. The summed E-state index contributed by atoms with van der Waals surface area (Å²) in [6, 6.07) is 0. The highest BCUT2D eigenvalue weighted by Crippen LogP contribution is 2.00. The van der Waals surface area contributed by atoms with E-state index in [-0.39, 0.29) is 6.42 Å². The van der Waals surface area contributed by atoms with Gasteiger partial charge in [0.15, 0.2) is 0 Å². The normalized spacial score (nSPS) is 8.05. The summed E-state index contributed by atoms with van der Waals surface area (Å²) >= 11 is 0. The van der Waals surface area contributed by atoms with Gasteiger partial charge in [0, 0.05) is 19.3 Å². The Labute approximate surface area is 135 Å². The van der Waals surface area contributed by atoms with E-state index in [1.807, 2.05) is 0 Å². The van der Waals surface area contributed by atoms with E-state index in [1.54, 1.807) is 0 Å². The van der Waals surface area contributed by atoms with Crippen molar-refractivity contribution in [2.45, 2.75) is 71.1 Å². The van der Waals surface area contributed by atoms with Crippen LogP contribution in [0.2, 0.25) is 0 Å². The number of carbonyl (C=O) groups is 1. The van der Waals surface area contributed by atoms with Crippen molar-refractivity contribution in [3.8, 4) is 47.4 Å². The molecular weight excluding hydrogens is 272 g/mol. The molecule has 2 nitrogen and oxygen atoms in total. The monoisotopic (exact) mass is 296 g/mol. The number of carboxylic acid groups (broad SMARTS) is 1. The molecule has 0 aromatic rings. The first-order valence-electron chi connectivity index (χ1n) is 7.86. The summed E-state index contributed by atoms with van der Waals surface area (Å²) in [6.45, 7) is 2.20. The van der Waals surface area contributed by atoms with Crippen LogP contribution >= 0.6 is 0 Å². The highest BCUT2D eigenvalue weighted by atomic mass is 16.4. The first-order valence-corrected chi connectivity index (χ1v) is 7.86. The highest BCUT2D eigenvalue weighted by molar-refractivity contribution is 5.66. The van der Waals surface area contributed by atoms with E-state index in [9.17, 15) is 4.79 Å². The molecule has 1 N–H and O–H groups in total. The Morgan fingerprint density at radius 1 is 0.773 bits per heavy atom. The second-order valence-electron chi connectivity index (χ2n) is 4.72. The Kier molecular flexibility index (Phi) is 15.0. The van der Waals surface area contributed by atoms with Crippen molar-refractivity contribution in [3.05, 3.63) is 0 Å². The summed E-state index contributed by atoms with van der Waals surface area (Å²) in [7, 11) is 0. The Morgan fingerprint density at radius 3 is 2.14 bits per heavy atom. The van der Waals surface area contributed by atoms with Crippen molar-refractivity contribution < 1.29 is 9.90 Å². The Balaban J connectivity index is 3.61. The summed E-state index contributed by atoms with van der Waals surface area (Å²) in [5, 5.41) is 8.45. The van der Waals surface area contributed by atoms with Crippen LogP contribution in [0.25, 0.3) is 0 Å². The third kappa shape index (κ3) is 17.7. The minimum absolute atomic E-state index is 0.176. The standard InChI is InChI=1S/C20H24O2/c1-2-3-4-5-6-7-8-9-10-11-12-13-14-15-16-17-18-19-20(21)22/h2-6,11,14,17-19H2,1H3,(H,21,22). The summed E-state index contributed by atoms with van der Waals surface area (Å²) in [5.41, 5.74) is 0. The van der Waals surface area contributed by atoms with E-state index in [0.717, 1.165) is 12.8 Å². The van der Waals surface area contributed by atoms with E-state index in [4.69, 9.17) is 5.11 Å². The molecule has 0 aromatic heterocycles. The molecule has 2 heteroatoms. The van der Waals surface area contributed by atoms with E-state index in [1.165, 1.54) is 19.3 Å². The lowest BCUT2D eigenvalue weighted by molar-refractivity contribution is -0.137. The Hall–Kier alpha value is -2.29. The smallest absolute Gasteiger partial charge is 0.303 e. The lowest BCUT2D eigenvalue weighted by Gasteiger charge is -1.90. The van der Waals surface area contributed by atoms with Gasteiger partial charge in [-0.25, -0.2) is 0 Å². The zero-order valence-electron chi connectivity index (χ0n) is 13.4. The molecule has 0 fully saturated rings. The topological polar surface area (TPSA) is 37.3 Å². The molecule has 0 spiro atoms. The van der Waals surface area contributed by atoms with Crippen LogP contribution in [0.1, 0.15) is 71.1 Å². The van der Waals surface area contributed by atoms with Crippen LogP contribution in [0.5, 0.6) is 0 Å². The van der Waals surface area contributed by atoms with Gasteiger partial charge < -0.3 is 5.11 Å². The number of carboxylic acids is 1. The quantitative estimate of drug-likeness (QED) is 0.569. The van der Waals surface area contributed by atoms with Gasteiger partial charge in [0.1, 0.15) is 0 Å². The zero-order valence-corrected chi connectivity index (χ0v) is 13.4. The van der Waals surface area contributed by atoms with Gasteiger partial charge >= 0.3 is 5.97 Å². The summed E-state index contributed by atoms with van der Waals surface area (Å²) < 4.78 is 0. The molecule has 0 aromatic carbocycles. The van der Waals surface area contributed by atoms with Gasteiger partial charge in [-0.05, 0) is 24.7 Å². The Morgan fingerprint density at radius 2 is 1.41 bits per heavy atom. The van der Waals surface area contributed by atoms with Crippen LogP contribution in [-0.2, 0) is 4.79 Å². The first-order chi connectivity index (χ1) is 10.8. The molecule has 0 unspecified atom stereocenters. The molecular formula is C20H24O2. The maximum absolute atomic E-state index is 10.3. The lowest BCUT2D eigenvalue weighted by atomic mass is 10.2. The Bertz CT molecular complexity index is 541. The summed E-state index contributed by atoms with van der Waals surface area (Å²) in [5.74, 6) is 22.5. The van der Waals surface area contributed by atoms with E-state index >= 15 is 0 Å². The van der Waals surface area contributed by atoms with Crippen molar-refractivity contribution in [1.82, 2.24) is 0 Å². The van der Waals surface area contributed by atoms with Crippen molar-refractivity contribution in [3.63, 3.8) is 0 Å². The van der Waals surface area contributed by atoms with Gasteiger partial charge in [0.2, 0.25) is 0 Å². The minimum atomic E-state index is -0.774. The maximum Gasteiger partial charge on any atom is 0.303 e. The van der Waals surface area contributed by atoms with Crippen LogP contribution < -0.4 is 0 Å². The molecule has 0 bridgehead atoms. The van der Waals surface area contributed by atoms with Crippen LogP contribution in [0, 0.1) is 47.4 Å². The molecule has 0 heterocycles. The SMILES string of the molecule is CCCCCCC#CC#CCC#CCC#CCCCC(=O)O. The number of aliphatic carboxylic acids is 1. The average molecular weight is 296 g/mol. The number of rotatable bonds is 7. The molecule has 0 aliphatic carbocycles. The number of hydrogen-bond acceptors (Lipinski definition) is 1. The molecule has 0 saturated carbocycles. The van der Waals surface area contributed by atoms with Gasteiger partial charge in [-0.15, -0.1) is 5.92 Å². The third-order valence-corrected chi connectivity index (χ3v) is 2.69. The van der Waals surface area contributed by atoms with Gasteiger partial charge in [-0.3, -0.25) is 4.79 Å². The molecule has 0 amide bonds. The molecule has 0 radical (unpaired) electrons. The average Bonchev–Trinajstić information content (AvgIpc) is 2.50. The van der Waals surface area contributed by atoms with Crippen LogP contribution in [-0.4, -0.2) is 11.1 Å². The van der Waals surface area contributed by atoms with Crippen LogP contribution in [0.4, 0.5) is 0 Å². The molecule has 0 rings (SSSR count). The fraction of sp³-hybridized carbons (Fsp3) is 0.550. The fourth-order valence-electron chi connectivity index (χ4n) is 1.53. The summed E-state index contributed by atoms with van der Waals surface area (Å²) in [6.07, 6.45) is 8.29. The van der Waals surface area contributed by atoms with Gasteiger partial charge in [-0.2, -0.15) is 0 Å². The van der Waals surface area contributed by atoms with E-state index in [0.29, 0.717) is 25.7 Å². The largest absolute Gasteiger partial charge is 0.481 e. The van der Waals surface area contributed by atoms with Gasteiger partial charge in [-0.1, -0.05) is 55.8 Å². The molecule has 116 valence electrons. The van der Waals surface area contributed by atoms with Gasteiger partial charge in [0.25, 0.3) is 0 Å². The zero-order chi connectivity index (χ0) is 16.3. The first kappa shape index (κ1) is 19.7. The lowest BCUT2D eigenvalue weighted by Crippen LogP contribution is -1.92. The predicted octanol–water partition coefficient (Wildman–Crippen LogP) is 4.01. The van der Waals surface area contributed by atoms with Crippen molar-refractivity contribution >= 4 is 5.97 Å². The molecule has 22 heavy (non-hydrogen) atoms. The predicted molar refractivity (Wildman–Crippen MR) is 90.6 cm³/mol. The summed E-state index contributed by atoms with van der Waals surface area (Å²) in [4.78, 5) is 10.3. The van der Waals surface area contributed by atoms with Crippen molar-refractivity contribution in [2.75, 3.05) is 0 Å². The van der Waals surface area contributed by atoms with Crippen molar-refractivity contribution in [2.24, 2.45) is 0 Å². The van der Waals surface area contributed by atoms with Gasteiger partial charge in [0.05, 0.1) is 12.8 Å². The maximum atomic E-state index is 10.3. The minimum Gasteiger partial charge on any atom is -0.481 e. The molecule has 0 aliphatic rings. The number of hydrogen-bond donors (Lipinski definition) is 1. The molecule has 0 atom stereocenters. The second kappa shape index (κ2) is 16.8. The van der Waals surface area contributed by atoms with Crippen molar-refractivity contribution in [1.29, 1.82) is 0 Å².